The Morgan fingerprint density at radius 2 is 1.78 bits per heavy atom. The van der Waals surface area contributed by atoms with Crippen LogP contribution in [0.3, 0.4) is 0 Å². The number of Topliss-reactive ketones (excluding diaryl/α,β-unsaturated/α-hetero) is 1. The summed E-state index contributed by atoms with van der Waals surface area (Å²) in [7, 11) is 5.05. The number of amides is 2. The number of aromatic nitrogens is 1. The molecular weight excluding hydrogens is 644 g/mol. The van der Waals surface area contributed by atoms with Gasteiger partial charge in [-0.2, -0.15) is 0 Å². The average molecular weight is 695 g/mol. The van der Waals surface area contributed by atoms with Crippen molar-refractivity contribution in [1.29, 1.82) is 0 Å². The van der Waals surface area contributed by atoms with Gasteiger partial charge in [-0.25, -0.2) is 4.98 Å². The molecule has 0 fully saturated rings. The van der Waals surface area contributed by atoms with Crippen molar-refractivity contribution in [2.75, 3.05) is 27.7 Å². The normalized spacial score (nSPS) is 17.6. The monoisotopic (exact) mass is 694 g/mol. The highest BCUT2D eigenvalue weighted by Crippen LogP contribution is 2.36. The van der Waals surface area contributed by atoms with Gasteiger partial charge in [0.1, 0.15) is 28.6 Å². The second-order valence-electron chi connectivity index (χ2n) is 13.8. The van der Waals surface area contributed by atoms with E-state index in [0.717, 1.165) is 6.92 Å². The third kappa shape index (κ3) is 8.93. The molecule has 2 rings (SSSR count). The number of likely N-dealkylation sites (N-methyl/N-ethyl adjacent to an activating group) is 1. The number of aliphatic hydroxyl groups is 1. The Morgan fingerprint density at radius 1 is 1.18 bits per heavy atom. The van der Waals surface area contributed by atoms with Crippen LogP contribution in [0.4, 0.5) is 0 Å². The zero-order chi connectivity index (χ0) is 37.8. The summed E-state index contributed by atoms with van der Waals surface area (Å²) in [6.07, 6.45) is -3.01. The molecule has 0 aliphatic carbocycles. The van der Waals surface area contributed by atoms with Crippen LogP contribution in [0.2, 0.25) is 0 Å². The van der Waals surface area contributed by atoms with Crippen LogP contribution < -0.4 is 5.32 Å². The highest BCUT2D eigenvalue weighted by molar-refractivity contribution is 6.23. The number of rotatable bonds is 16. The van der Waals surface area contributed by atoms with Gasteiger partial charge < -0.3 is 39.6 Å². The first kappa shape index (κ1) is 40.6. The van der Waals surface area contributed by atoms with Crippen molar-refractivity contribution in [3.63, 3.8) is 0 Å². The van der Waals surface area contributed by atoms with Gasteiger partial charge in [-0.1, -0.05) is 18.7 Å². The number of hydrogen-bond donors (Lipinski definition) is 3. The van der Waals surface area contributed by atoms with Crippen LogP contribution in [0, 0.1) is 23.5 Å². The van der Waals surface area contributed by atoms with E-state index in [0.29, 0.717) is 0 Å². The highest BCUT2D eigenvalue weighted by atomic mass is 16.6. The van der Waals surface area contributed by atoms with Crippen LogP contribution in [-0.2, 0) is 28.7 Å². The van der Waals surface area contributed by atoms with Crippen molar-refractivity contribution >= 4 is 29.5 Å². The van der Waals surface area contributed by atoms with Gasteiger partial charge in [-0.3, -0.25) is 28.9 Å². The molecule has 3 N–H and O–H groups in total. The Morgan fingerprint density at radius 3 is 2.24 bits per heavy atom. The van der Waals surface area contributed by atoms with E-state index in [-0.39, 0.29) is 47.6 Å². The molecule has 0 unspecified atom stereocenters. The summed E-state index contributed by atoms with van der Waals surface area (Å²) in [6, 6.07) is -1.42. The summed E-state index contributed by atoms with van der Waals surface area (Å²) in [5, 5.41) is 36.6. The summed E-state index contributed by atoms with van der Waals surface area (Å²) in [5.41, 5.74) is -3.49. The molecule has 17 heteroatoms. The molecule has 274 valence electrons. The number of carbonyl (C=O) groups excluding carboxylic acids is 5. The van der Waals surface area contributed by atoms with Gasteiger partial charge in [0, 0.05) is 20.4 Å². The molecule has 4 atom stereocenters. The quantitative estimate of drug-likeness (QED) is 0.0744. The topological polar surface area (TPSA) is 227 Å². The number of aryl methyl sites for hydroxylation is 1. The molecule has 2 heterocycles. The second kappa shape index (κ2) is 15.8. The van der Waals surface area contributed by atoms with Gasteiger partial charge >= 0.3 is 11.9 Å². The molecule has 1 aliphatic heterocycles. The SMILES string of the molecule is CC(=O)O[C@@H]([C@H](CCC/[N+]([O-])=N/O)NC(=O)c1nc([C@H](C)N(C)C)oc1C)C(C)(C)C(=O)O[C@H](C(=O)C1=C(O)C(C)(C)N(C)C1=O)C(C)C. The minimum Gasteiger partial charge on any atom is -0.597 e. The number of carbonyl (C=O) groups is 5. The molecular formula is C32H50N6O11. The molecule has 17 nitrogen and oxygen atoms in total. The number of aliphatic hydroxyl groups excluding tert-OH is 1. The lowest BCUT2D eigenvalue weighted by Crippen LogP contribution is -2.55. The molecule has 2 amide bonds. The van der Waals surface area contributed by atoms with Crippen LogP contribution in [-0.4, -0.2) is 111 Å². The van der Waals surface area contributed by atoms with Crippen molar-refractivity contribution in [1.82, 2.24) is 20.1 Å². The van der Waals surface area contributed by atoms with Gasteiger partial charge in [-0.15, -0.1) is 0 Å². The first-order valence-corrected chi connectivity index (χ1v) is 15.9. The van der Waals surface area contributed by atoms with E-state index in [1.54, 1.807) is 34.6 Å². The lowest BCUT2D eigenvalue weighted by atomic mass is 9.80. The summed E-state index contributed by atoms with van der Waals surface area (Å²) in [4.78, 5) is 74.1. The maximum atomic E-state index is 14.0. The van der Waals surface area contributed by atoms with E-state index < -0.39 is 76.0 Å². The van der Waals surface area contributed by atoms with Gasteiger partial charge in [0.15, 0.2) is 23.6 Å². The van der Waals surface area contributed by atoms with Crippen LogP contribution in [0.15, 0.2) is 21.0 Å². The molecule has 0 aromatic carbocycles. The van der Waals surface area contributed by atoms with Crippen molar-refractivity contribution in [2.24, 2.45) is 16.6 Å². The van der Waals surface area contributed by atoms with E-state index >= 15 is 0 Å². The Balaban J connectivity index is 2.53. The smallest absolute Gasteiger partial charge is 0.316 e. The average Bonchev–Trinajstić information content (AvgIpc) is 3.47. The first-order valence-electron chi connectivity index (χ1n) is 15.9. The lowest BCUT2D eigenvalue weighted by molar-refractivity contribution is -0.556. The number of oxazole rings is 1. The number of ether oxygens (including phenoxy) is 2. The van der Waals surface area contributed by atoms with Crippen LogP contribution in [0.1, 0.15) is 96.4 Å². The van der Waals surface area contributed by atoms with Gasteiger partial charge in [-0.05, 0) is 68.0 Å². The predicted molar refractivity (Wildman–Crippen MR) is 172 cm³/mol. The predicted octanol–water partition coefficient (Wildman–Crippen LogP) is 2.99. The van der Waals surface area contributed by atoms with Crippen molar-refractivity contribution in [2.45, 2.75) is 105 Å². The Labute approximate surface area is 285 Å². The molecule has 1 aromatic rings. The summed E-state index contributed by atoms with van der Waals surface area (Å²) in [5.74, 6) is -4.82. The molecule has 0 saturated carbocycles. The number of hydroxylamine groups is 1. The van der Waals surface area contributed by atoms with Crippen molar-refractivity contribution in [3.8, 4) is 0 Å². The van der Waals surface area contributed by atoms with Crippen molar-refractivity contribution in [3.05, 3.63) is 33.9 Å². The van der Waals surface area contributed by atoms with Gasteiger partial charge in [0.05, 0.1) is 17.6 Å². The lowest BCUT2D eigenvalue weighted by Gasteiger charge is -2.38. The van der Waals surface area contributed by atoms with Crippen LogP contribution in [0.25, 0.3) is 0 Å². The maximum Gasteiger partial charge on any atom is 0.316 e. The number of hydrogen-bond acceptors (Lipinski definition) is 13. The highest BCUT2D eigenvalue weighted by Gasteiger charge is 2.51. The summed E-state index contributed by atoms with van der Waals surface area (Å²) < 4.78 is 17.1. The molecule has 1 aliphatic rings. The molecule has 1 aromatic heterocycles. The molecule has 0 saturated heterocycles. The number of esters is 2. The van der Waals surface area contributed by atoms with E-state index in [1.165, 1.54) is 25.8 Å². The summed E-state index contributed by atoms with van der Waals surface area (Å²) in [6.45, 7) is 13.3. The third-order valence-electron chi connectivity index (χ3n) is 8.85. The van der Waals surface area contributed by atoms with Gasteiger partial charge in [0.2, 0.25) is 11.7 Å². The number of ketones is 1. The van der Waals surface area contributed by atoms with E-state index in [1.807, 2.05) is 25.9 Å². The Bertz CT molecular complexity index is 1490. The fraction of sp³-hybridized carbons (Fsp3) is 0.688. The van der Waals surface area contributed by atoms with Crippen molar-refractivity contribution < 1.29 is 53.0 Å². The number of nitrogens with one attached hydrogen (secondary N) is 1. The van der Waals surface area contributed by atoms with E-state index in [9.17, 15) is 34.3 Å². The summed E-state index contributed by atoms with van der Waals surface area (Å²) >= 11 is 0. The Kier molecular flexibility index (Phi) is 13.1. The molecule has 49 heavy (non-hydrogen) atoms. The van der Waals surface area contributed by atoms with Crippen LogP contribution >= 0.6 is 0 Å². The maximum absolute atomic E-state index is 14.0. The second-order valence-corrected chi connectivity index (χ2v) is 13.8. The van der Waals surface area contributed by atoms with Gasteiger partial charge in [0.25, 0.3) is 11.8 Å². The third-order valence-corrected chi connectivity index (χ3v) is 8.85. The minimum atomic E-state index is -1.76. The van der Waals surface area contributed by atoms with E-state index in [2.05, 4.69) is 15.6 Å². The fourth-order valence-corrected chi connectivity index (χ4v) is 5.19. The largest absolute Gasteiger partial charge is 0.597 e. The standard InChI is InChI=1S/C32H50N6O11/c1-16(2)24(23(40)21-25(41)32(8,9)37(12)29(21)43)49-30(44)31(6,7)26(48-19(5)39)20(14-13-15-38(46)35-45)33-27(42)22-18(4)47-28(34-22)17(3)36(10)11/h16-17,20,24,26,41,45H,13-15H2,1-12H3,(H,33,42)/b38-35-/t17-,20-,24-,26-/m0/s1. The number of nitrogens with zero attached hydrogens (tertiary/aromatic N) is 5. The Hall–Kier alpha value is -4.54. The molecule has 0 spiro atoms. The fourth-order valence-electron chi connectivity index (χ4n) is 5.19. The van der Waals surface area contributed by atoms with Crippen LogP contribution in [0.5, 0.6) is 0 Å². The first-order chi connectivity index (χ1) is 22.5. The molecule has 0 bridgehead atoms. The zero-order valence-electron chi connectivity index (χ0n) is 30.3. The minimum absolute atomic E-state index is 0.00800. The molecule has 0 radical (unpaired) electrons. The van der Waals surface area contributed by atoms with E-state index in [4.69, 9.17) is 19.1 Å². The zero-order valence-corrected chi connectivity index (χ0v) is 30.3.